The van der Waals surface area contributed by atoms with Gasteiger partial charge in [-0.25, -0.2) is 63.5 Å². The summed E-state index contributed by atoms with van der Waals surface area (Å²) >= 11 is 20.7. The monoisotopic (exact) mass is 1440 g/mol. The first kappa shape index (κ1) is 90.1. The van der Waals surface area contributed by atoms with E-state index in [1.165, 1.54) is 83.0 Å². The van der Waals surface area contributed by atoms with Crippen LogP contribution in [-0.4, -0.2) is 177 Å². The first-order chi connectivity index (χ1) is 45.4. The van der Waals surface area contributed by atoms with Crippen LogP contribution in [0.3, 0.4) is 0 Å². The molecule has 30 heteroatoms. The summed E-state index contributed by atoms with van der Waals surface area (Å²) in [6.07, 6.45) is 3.51. The van der Waals surface area contributed by atoms with E-state index in [1.54, 1.807) is 69.5 Å². The van der Waals surface area contributed by atoms with E-state index in [0.29, 0.717) is 87.9 Å². The van der Waals surface area contributed by atoms with Crippen LogP contribution in [0.5, 0.6) is 0 Å². The van der Waals surface area contributed by atoms with Gasteiger partial charge in [-0.2, -0.15) is 5.26 Å². The highest BCUT2D eigenvalue weighted by Gasteiger charge is 2.21. The number of methoxy groups -OCH3 is 4. The van der Waals surface area contributed by atoms with Crippen molar-refractivity contribution in [1.82, 2.24) is 39.7 Å². The number of aromatic nitrogens is 6. The number of nitriles is 1. The summed E-state index contributed by atoms with van der Waals surface area (Å²) in [4.78, 5) is 129. The van der Waals surface area contributed by atoms with Crippen molar-refractivity contribution in [3.63, 3.8) is 0 Å². The molecule has 0 bridgehead atoms. The van der Waals surface area contributed by atoms with Gasteiger partial charge >= 0.3 is 41.8 Å². The lowest BCUT2D eigenvalue weighted by molar-refractivity contribution is 0.0590. The number of carboxylic acids is 3. The lowest BCUT2D eigenvalue weighted by atomic mass is 10.1. The number of rotatable bonds is 17. The summed E-state index contributed by atoms with van der Waals surface area (Å²) in [6.45, 7) is 30.3. The van der Waals surface area contributed by atoms with Gasteiger partial charge in [0.25, 0.3) is 11.8 Å². The quantitative estimate of drug-likeness (QED) is 0.0251. The molecule has 6 aromatic heterocycles. The van der Waals surface area contributed by atoms with Crippen LogP contribution >= 0.6 is 46.4 Å². The summed E-state index contributed by atoms with van der Waals surface area (Å²) < 4.78 is 18.2. The number of aryl methyl sites for hydroxylation is 6. The highest BCUT2D eigenvalue weighted by molar-refractivity contribution is 6.74. The molecule has 0 aliphatic carbocycles. The predicted molar refractivity (Wildman–Crippen MR) is 374 cm³/mol. The van der Waals surface area contributed by atoms with Crippen molar-refractivity contribution in [2.75, 3.05) is 60.0 Å². The highest BCUT2D eigenvalue weighted by Crippen LogP contribution is 2.15. The molecule has 6 aromatic rings. The van der Waals surface area contributed by atoms with Gasteiger partial charge in [-0.3, -0.25) is 9.59 Å². The number of alkyl halides is 2. The molecule has 6 rings (SSSR count). The van der Waals surface area contributed by atoms with Gasteiger partial charge < -0.3 is 44.1 Å². The zero-order valence-corrected chi connectivity index (χ0v) is 62.0. The molecule has 0 radical (unpaired) electrons. The Kier molecular flexibility index (Phi) is 44.4. The van der Waals surface area contributed by atoms with E-state index in [9.17, 15) is 43.2 Å². The molecule has 0 aliphatic rings. The Hall–Kier alpha value is -9.00. The van der Waals surface area contributed by atoms with Crippen molar-refractivity contribution in [3.05, 3.63) is 173 Å². The molecule has 0 unspecified atom stereocenters. The molecule has 0 atom stereocenters. The third-order valence-corrected chi connectivity index (χ3v) is 11.5. The minimum absolute atomic E-state index is 0.101. The highest BCUT2D eigenvalue weighted by atomic mass is 35.5. The van der Waals surface area contributed by atoms with Crippen molar-refractivity contribution in [1.29, 1.82) is 5.26 Å². The third kappa shape index (κ3) is 37.8. The molecule has 0 aromatic carbocycles. The summed E-state index contributed by atoms with van der Waals surface area (Å²) in [5.74, 6) is -5.42. The molecular formula is C67H87Cl4N9O16Si. The fourth-order valence-corrected chi connectivity index (χ4v) is 8.04. The van der Waals surface area contributed by atoms with Crippen molar-refractivity contribution >= 4 is 108 Å². The minimum atomic E-state index is -1.17. The number of amides is 2. The van der Waals surface area contributed by atoms with Crippen molar-refractivity contribution < 1.29 is 77.4 Å². The Morgan fingerprint density at radius 3 is 0.928 bits per heavy atom. The van der Waals surface area contributed by atoms with E-state index in [2.05, 4.69) is 75.0 Å². The van der Waals surface area contributed by atoms with Crippen molar-refractivity contribution in [2.45, 2.75) is 121 Å². The lowest BCUT2D eigenvalue weighted by Gasteiger charge is -2.21. The Labute approximate surface area is 587 Å². The molecule has 97 heavy (non-hydrogen) atoms. The number of hydrogen-bond donors (Lipinski definition) is 3. The van der Waals surface area contributed by atoms with Crippen LogP contribution in [0, 0.1) is 52.9 Å². The van der Waals surface area contributed by atoms with Crippen LogP contribution < -0.4 is 0 Å². The second-order valence-electron chi connectivity index (χ2n) is 21.8. The SMILES string of the molecule is CCCN(CCC)C(=O)c1cc(C(=O)O)cc(C)n1.CCCN(CCC)C(=O)c1cc(C(=O)OC)cc(C)n1.COC(=O)c1cc(C)nc(C#N)c1.COC(=O)c1cc(C)nc(C(=O)O)c1.COC(=O)c1cc(C)nc(Cl)c1.C[Si](C)(C)C.Cc1cc(C(=O)O)cc(Cl)n1.ClCCl. The first-order valence-corrected chi connectivity index (χ1v) is 35.6. The minimum Gasteiger partial charge on any atom is -0.478 e. The second kappa shape index (κ2) is 47.8. The van der Waals surface area contributed by atoms with Crippen molar-refractivity contribution in [3.8, 4) is 6.07 Å². The van der Waals surface area contributed by atoms with Crippen LogP contribution in [0.25, 0.3) is 0 Å². The number of hydrogen-bond acceptors (Lipinski definition) is 20. The van der Waals surface area contributed by atoms with E-state index in [0.717, 1.165) is 25.7 Å². The first-order valence-electron chi connectivity index (χ1n) is 29.7. The number of ether oxygens (including phenoxy) is 4. The van der Waals surface area contributed by atoms with Crippen LogP contribution in [0.4, 0.5) is 0 Å². The van der Waals surface area contributed by atoms with Gasteiger partial charge in [0.2, 0.25) is 0 Å². The summed E-state index contributed by atoms with van der Waals surface area (Å²) in [5.41, 5.74) is 5.72. The zero-order chi connectivity index (χ0) is 74.9. The van der Waals surface area contributed by atoms with Crippen LogP contribution in [0.15, 0.2) is 72.8 Å². The fourth-order valence-electron chi connectivity index (χ4n) is 7.54. The van der Waals surface area contributed by atoms with Gasteiger partial charge in [0.1, 0.15) is 39.2 Å². The third-order valence-electron chi connectivity index (χ3n) is 11.2. The Morgan fingerprint density at radius 2 is 0.649 bits per heavy atom. The van der Waals surface area contributed by atoms with E-state index < -0.39 is 49.9 Å². The number of aromatic carboxylic acids is 3. The van der Waals surface area contributed by atoms with Gasteiger partial charge in [-0.15, -0.1) is 23.2 Å². The smallest absolute Gasteiger partial charge is 0.354 e. The predicted octanol–water partition coefficient (Wildman–Crippen LogP) is 13.7. The number of carbonyl (C=O) groups excluding carboxylic acids is 6. The normalized spacial score (nSPS) is 9.78. The molecule has 25 nitrogen and oxygen atoms in total. The molecule has 6 heterocycles. The van der Waals surface area contributed by atoms with Gasteiger partial charge in [0, 0.05) is 68.4 Å². The number of esters is 4. The molecule has 0 aliphatic heterocycles. The molecule has 3 N–H and O–H groups in total. The molecular weight excluding hydrogens is 1360 g/mol. The topological polar surface area (TPSA) is 359 Å². The maximum atomic E-state index is 12.5. The number of carbonyl (C=O) groups is 9. The van der Waals surface area contributed by atoms with Gasteiger partial charge in [-0.05, 0) is 140 Å². The van der Waals surface area contributed by atoms with Crippen LogP contribution in [0.2, 0.25) is 36.5 Å². The standard InChI is InChI=1S/C15H22N2O3.C14H20N2O3.C9H8N2O2.C9H9NO4.C8H8ClNO2.C7H6ClNO2.C4H12Si.CH2Cl2/c1-5-7-17(8-6-2)14(18)13-10-12(15(19)20-4)9-11(3)16-13;1-4-6-16(7-5-2)13(17)12-9-11(14(18)19)8-10(3)15-12;1-6-3-7(9(12)13-2)4-8(5-10)11-6;1-5-3-6(9(13)14-2)4-7(10-5)8(11)12;1-5-3-6(8(11)12-2)4-7(9)10-5;1-4-2-5(7(10)11)3-6(8)9-4;1-5(2,3)4;2-1-3/h9-10H,5-8H2,1-4H3;8-9H,4-7H2,1-3H3,(H,18,19);3-4H,1-2H3;3-4H,1-2H3,(H,11,12);3-4H,1-2H3;2-3H,1H3,(H,10,11);1-4H3;1H2. The number of pyridine rings is 6. The Morgan fingerprint density at radius 1 is 0.412 bits per heavy atom. The average Bonchev–Trinajstić information content (AvgIpc) is 0.949. The van der Waals surface area contributed by atoms with E-state index in [-0.39, 0.29) is 56.1 Å². The number of nitrogens with zero attached hydrogens (tertiary/aromatic N) is 9. The summed E-state index contributed by atoms with van der Waals surface area (Å²) in [6, 6.07) is 19.3. The van der Waals surface area contributed by atoms with Crippen LogP contribution in [0.1, 0.15) is 187 Å². The largest absolute Gasteiger partial charge is 0.478 e. The lowest BCUT2D eigenvalue weighted by Crippen LogP contribution is -2.33. The maximum Gasteiger partial charge on any atom is 0.354 e. The average molecular weight is 1440 g/mol. The summed E-state index contributed by atoms with van der Waals surface area (Å²) in [7, 11) is 4.56. The van der Waals surface area contributed by atoms with E-state index in [4.69, 9.17) is 67.0 Å². The molecule has 528 valence electrons. The van der Waals surface area contributed by atoms with E-state index >= 15 is 0 Å². The molecule has 0 fully saturated rings. The zero-order valence-electron chi connectivity index (χ0n) is 58.0. The number of halogens is 4. The number of carboxylic acid groups (broad SMARTS) is 3. The summed E-state index contributed by atoms with van der Waals surface area (Å²) in [5, 5.41) is 35.5. The molecule has 0 saturated carbocycles. The Bertz CT molecular complexity index is 3590. The Balaban J connectivity index is 0. The fraction of sp³-hybridized carbons (Fsp3) is 0.403. The van der Waals surface area contributed by atoms with Gasteiger partial charge in [0.05, 0.1) is 67.2 Å². The molecule has 0 spiro atoms. The van der Waals surface area contributed by atoms with Crippen LogP contribution in [-0.2, 0) is 18.9 Å². The van der Waals surface area contributed by atoms with E-state index in [1.807, 2.05) is 33.8 Å². The molecule has 0 saturated heterocycles. The van der Waals surface area contributed by atoms with Gasteiger partial charge in [-0.1, -0.05) is 77.1 Å². The van der Waals surface area contributed by atoms with Gasteiger partial charge in [0.15, 0.2) is 0 Å². The second-order valence-corrected chi connectivity index (χ2v) is 29.4. The molecule has 2 amide bonds. The maximum absolute atomic E-state index is 12.5. The van der Waals surface area contributed by atoms with Crippen molar-refractivity contribution in [2.24, 2.45) is 0 Å².